The molecule has 0 unspecified atom stereocenters. The van der Waals surface area contributed by atoms with Crippen LogP contribution in [0.15, 0.2) is 18.2 Å². The van der Waals surface area contributed by atoms with Crippen molar-refractivity contribution in [2.24, 2.45) is 0 Å². The zero-order valence-electron chi connectivity index (χ0n) is 11.2. The summed E-state index contributed by atoms with van der Waals surface area (Å²) in [6.45, 7) is 4.12. The van der Waals surface area contributed by atoms with Crippen LogP contribution < -0.4 is 4.74 Å². The predicted molar refractivity (Wildman–Crippen MR) is 68.8 cm³/mol. The van der Waals surface area contributed by atoms with E-state index in [-0.39, 0.29) is 18.0 Å². The molecule has 1 saturated carbocycles. The van der Waals surface area contributed by atoms with Crippen molar-refractivity contribution in [3.8, 4) is 5.75 Å². The molecule has 0 radical (unpaired) electrons. The van der Waals surface area contributed by atoms with Crippen molar-refractivity contribution in [1.82, 2.24) is 0 Å². The Morgan fingerprint density at radius 1 is 1.15 bits per heavy atom. The van der Waals surface area contributed by atoms with Gasteiger partial charge < -0.3 is 9.16 Å². The Hall–Kier alpha value is -1.08. The summed E-state index contributed by atoms with van der Waals surface area (Å²) in [5, 5.41) is 0. The summed E-state index contributed by atoms with van der Waals surface area (Å²) in [5.74, 6) is -1.12. The Balaban J connectivity index is 1.92. The molecule has 7 heteroatoms. The third-order valence-electron chi connectivity index (χ3n) is 3.07. The maximum atomic E-state index is 13.6. The van der Waals surface area contributed by atoms with Gasteiger partial charge in [0.05, 0.1) is 11.7 Å². The van der Waals surface area contributed by atoms with Crippen LogP contribution in [0.4, 0.5) is 17.6 Å². The van der Waals surface area contributed by atoms with E-state index >= 15 is 0 Å². The van der Waals surface area contributed by atoms with Crippen LogP contribution in [0.2, 0.25) is 13.1 Å². The van der Waals surface area contributed by atoms with Gasteiger partial charge in [0.25, 0.3) is 0 Å². The molecule has 20 heavy (non-hydrogen) atoms. The van der Waals surface area contributed by atoms with Crippen LogP contribution in [0.3, 0.4) is 0 Å². The highest BCUT2D eigenvalue weighted by molar-refractivity contribution is 6.48. The zero-order valence-corrected chi connectivity index (χ0v) is 12.4. The molecule has 0 heterocycles. The molecule has 0 amide bonds. The molecule has 0 N–H and O–H groups in total. The van der Waals surface area contributed by atoms with Gasteiger partial charge in [0.2, 0.25) is 0 Å². The number of halogens is 4. The van der Waals surface area contributed by atoms with Crippen molar-refractivity contribution in [2.75, 3.05) is 0 Å². The molecule has 112 valence electrons. The molecule has 0 atom stereocenters. The Kier molecular flexibility index (Phi) is 4.39. The van der Waals surface area contributed by atoms with Crippen molar-refractivity contribution in [2.45, 2.75) is 44.3 Å². The Morgan fingerprint density at radius 2 is 1.80 bits per heavy atom. The first-order valence-corrected chi connectivity index (χ1v) is 9.22. The van der Waals surface area contributed by atoms with Crippen molar-refractivity contribution in [1.29, 1.82) is 0 Å². The van der Waals surface area contributed by atoms with Gasteiger partial charge in [0.15, 0.2) is 20.6 Å². The predicted octanol–water partition coefficient (Wildman–Crippen LogP) is 3.75. The van der Waals surface area contributed by atoms with Crippen molar-refractivity contribution in [3.05, 3.63) is 29.6 Å². The highest BCUT2D eigenvalue weighted by atomic mass is 28.3. The quantitative estimate of drug-likeness (QED) is 0.623. The van der Waals surface area contributed by atoms with Crippen LogP contribution in [-0.4, -0.2) is 21.2 Å². The lowest BCUT2D eigenvalue weighted by atomic mass is 9.92. The fourth-order valence-electron chi connectivity index (χ4n) is 2.06. The fraction of sp³-hybridized carbons (Fsp3) is 0.538. The second kappa shape index (κ2) is 5.73. The van der Waals surface area contributed by atoms with E-state index in [0.29, 0.717) is 18.9 Å². The van der Waals surface area contributed by atoms with E-state index in [1.807, 2.05) is 0 Å². The van der Waals surface area contributed by atoms with Crippen LogP contribution in [-0.2, 0) is 10.6 Å². The summed E-state index contributed by atoms with van der Waals surface area (Å²) >= 11 is 0. The fourth-order valence-corrected chi connectivity index (χ4v) is 3.05. The van der Waals surface area contributed by atoms with Gasteiger partial charge in [-0.15, -0.1) is 0 Å². The first kappa shape index (κ1) is 15.3. The number of hydrogen-bond acceptors (Lipinski definition) is 2. The lowest BCUT2D eigenvalue weighted by Crippen LogP contribution is -2.41. The van der Waals surface area contributed by atoms with Gasteiger partial charge in [-0.05, 0) is 31.3 Å². The monoisotopic (exact) mass is 308 g/mol. The van der Waals surface area contributed by atoms with E-state index in [0.717, 1.165) is 12.1 Å². The normalized spacial score (nSPS) is 22.8. The minimum atomic E-state index is -4.54. The number of benzene rings is 1. The van der Waals surface area contributed by atoms with Gasteiger partial charge >= 0.3 is 6.18 Å². The number of ether oxygens (including phenoxy) is 1. The molecular weight excluding hydrogens is 292 g/mol. The maximum Gasteiger partial charge on any atom is 0.416 e. The SMILES string of the molecule is C[SiH](C)O[C@H]1C[C@@H](Oc2ccc(C(F)(F)F)cc2F)C1. The smallest absolute Gasteiger partial charge is 0.416 e. The average Bonchev–Trinajstić information content (AvgIpc) is 2.26. The molecule has 0 spiro atoms. The molecule has 1 fully saturated rings. The summed E-state index contributed by atoms with van der Waals surface area (Å²) in [6, 6.07) is 2.32. The third kappa shape index (κ3) is 3.73. The summed E-state index contributed by atoms with van der Waals surface area (Å²) in [5.41, 5.74) is -1.01. The molecule has 1 aliphatic carbocycles. The van der Waals surface area contributed by atoms with E-state index < -0.39 is 26.6 Å². The van der Waals surface area contributed by atoms with Crippen molar-refractivity contribution < 1.29 is 26.7 Å². The largest absolute Gasteiger partial charge is 0.487 e. The molecular formula is C13H16F4O2Si. The van der Waals surface area contributed by atoms with Gasteiger partial charge in [-0.25, -0.2) is 4.39 Å². The van der Waals surface area contributed by atoms with Crippen molar-refractivity contribution in [3.63, 3.8) is 0 Å². The third-order valence-corrected chi connectivity index (χ3v) is 4.00. The first-order valence-electron chi connectivity index (χ1n) is 6.44. The van der Waals surface area contributed by atoms with Gasteiger partial charge in [-0.2, -0.15) is 13.2 Å². The second-order valence-corrected chi connectivity index (χ2v) is 7.53. The average molecular weight is 308 g/mol. The Bertz CT molecular complexity index is 470. The molecule has 0 aromatic heterocycles. The van der Waals surface area contributed by atoms with Crippen LogP contribution in [0.25, 0.3) is 0 Å². The van der Waals surface area contributed by atoms with E-state index in [4.69, 9.17) is 9.16 Å². The van der Waals surface area contributed by atoms with E-state index in [1.165, 1.54) is 0 Å². The number of alkyl halides is 3. The van der Waals surface area contributed by atoms with E-state index in [1.54, 1.807) is 0 Å². The summed E-state index contributed by atoms with van der Waals surface area (Å²) in [6.07, 6.45) is -3.27. The van der Waals surface area contributed by atoms with Gasteiger partial charge in [-0.3, -0.25) is 0 Å². The van der Waals surface area contributed by atoms with E-state index in [2.05, 4.69) is 13.1 Å². The Labute approximate surface area is 116 Å². The standard InChI is InChI=1S/C13H16F4O2Si/c1-20(2)19-10-6-9(7-10)18-12-4-3-8(5-11(12)14)13(15,16)17/h3-5,9-10,20H,6-7H2,1-2H3/t9-,10+. The van der Waals surface area contributed by atoms with Crippen LogP contribution in [0, 0.1) is 5.82 Å². The number of hydrogen-bond donors (Lipinski definition) is 0. The van der Waals surface area contributed by atoms with Crippen LogP contribution in [0.5, 0.6) is 5.75 Å². The molecule has 2 rings (SSSR count). The molecule has 1 aromatic carbocycles. The summed E-state index contributed by atoms with van der Waals surface area (Å²) < 4.78 is 61.8. The van der Waals surface area contributed by atoms with Gasteiger partial charge in [0, 0.05) is 12.8 Å². The molecule has 1 aromatic rings. The number of rotatable bonds is 4. The Morgan fingerprint density at radius 3 is 2.30 bits per heavy atom. The first-order chi connectivity index (χ1) is 9.25. The van der Waals surface area contributed by atoms with Gasteiger partial charge in [0.1, 0.15) is 6.10 Å². The molecule has 2 nitrogen and oxygen atoms in total. The maximum absolute atomic E-state index is 13.6. The highest BCUT2D eigenvalue weighted by Gasteiger charge is 2.34. The zero-order chi connectivity index (χ0) is 14.9. The van der Waals surface area contributed by atoms with Crippen LogP contribution in [0.1, 0.15) is 18.4 Å². The summed E-state index contributed by atoms with van der Waals surface area (Å²) in [4.78, 5) is 0. The summed E-state index contributed by atoms with van der Waals surface area (Å²) in [7, 11) is -1.10. The van der Waals surface area contributed by atoms with E-state index in [9.17, 15) is 17.6 Å². The molecule has 0 saturated heterocycles. The van der Waals surface area contributed by atoms with Crippen molar-refractivity contribution >= 4 is 9.04 Å². The van der Waals surface area contributed by atoms with Gasteiger partial charge in [-0.1, -0.05) is 0 Å². The molecule has 0 bridgehead atoms. The lowest BCUT2D eigenvalue weighted by Gasteiger charge is -2.36. The molecule has 0 aliphatic heterocycles. The second-order valence-electron chi connectivity index (χ2n) is 5.16. The highest BCUT2D eigenvalue weighted by Crippen LogP contribution is 2.34. The minimum absolute atomic E-state index is 0.136. The minimum Gasteiger partial charge on any atom is -0.487 e. The topological polar surface area (TPSA) is 18.5 Å². The lowest BCUT2D eigenvalue weighted by molar-refractivity contribution is -0.137. The molecule has 1 aliphatic rings. The van der Waals surface area contributed by atoms with Crippen LogP contribution >= 0.6 is 0 Å².